The van der Waals surface area contributed by atoms with E-state index in [1.165, 1.54) is 0 Å². The van der Waals surface area contributed by atoms with Crippen LogP contribution in [-0.2, 0) is 20.9 Å². The van der Waals surface area contributed by atoms with Crippen LogP contribution < -0.4 is 9.64 Å². The van der Waals surface area contributed by atoms with Crippen molar-refractivity contribution in [3.05, 3.63) is 72.3 Å². The lowest BCUT2D eigenvalue weighted by Gasteiger charge is -2.34. The largest absolute Gasteiger partial charge is 0.494 e. The van der Waals surface area contributed by atoms with Crippen LogP contribution in [0.25, 0.3) is 0 Å². The topological polar surface area (TPSA) is 79.3 Å². The zero-order valence-electron chi connectivity index (χ0n) is 18.2. The Balaban J connectivity index is 2.35. The van der Waals surface area contributed by atoms with Crippen LogP contribution in [-0.4, -0.2) is 55.4 Å². The number of carboxylic acid groups (broad SMARTS) is 1. The van der Waals surface area contributed by atoms with Crippen LogP contribution in [0.4, 0.5) is 5.69 Å². The van der Waals surface area contributed by atoms with Crippen LogP contribution in [0, 0.1) is 0 Å². The van der Waals surface area contributed by atoms with Gasteiger partial charge < -0.3 is 24.4 Å². The molecule has 0 saturated carbocycles. The Morgan fingerprint density at radius 3 is 2.29 bits per heavy atom. The summed E-state index contributed by atoms with van der Waals surface area (Å²) in [5, 5.41) is 8.80. The van der Waals surface area contributed by atoms with Crippen molar-refractivity contribution < 1.29 is 24.2 Å². The second-order valence-electron chi connectivity index (χ2n) is 7.20. The van der Waals surface area contributed by atoms with Gasteiger partial charge in [-0.2, -0.15) is 0 Å². The first-order valence-corrected chi connectivity index (χ1v) is 10.2. The Morgan fingerprint density at radius 1 is 1.03 bits per heavy atom. The predicted octanol–water partition coefficient (Wildman–Crippen LogP) is 3.55. The zero-order chi connectivity index (χ0) is 22.6. The van der Waals surface area contributed by atoms with Crippen LogP contribution >= 0.6 is 0 Å². The lowest BCUT2D eigenvalue weighted by Crippen LogP contribution is -2.40. The van der Waals surface area contributed by atoms with Crippen molar-refractivity contribution in [2.24, 2.45) is 0 Å². The number of carboxylic acids is 1. The van der Waals surface area contributed by atoms with Crippen LogP contribution in [0.3, 0.4) is 0 Å². The normalized spacial score (nSPS) is 12.0. The van der Waals surface area contributed by atoms with Crippen LogP contribution in [0.5, 0.6) is 5.75 Å². The quantitative estimate of drug-likeness (QED) is 0.316. The molecule has 2 aromatic rings. The molecule has 0 saturated heterocycles. The van der Waals surface area contributed by atoms with Gasteiger partial charge in [0.2, 0.25) is 0 Å². The Labute approximate surface area is 183 Å². The minimum absolute atomic E-state index is 0.517. The molecule has 1 N–H and O–H groups in total. The second-order valence-corrected chi connectivity index (χ2v) is 7.20. The SMILES string of the molecule is CCOc1ccc(N(Cc2ccccc2)C(CCN(C)C)OC(=O)/C=C/C(=O)O)cc1. The summed E-state index contributed by atoms with van der Waals surface area (Å²) in [5.41, 5.74) is 1.93. The van der Waals surface area contributed by atoms with Crippen LogP contribution in [0.15, 0.2) is 66.7 Å². The highest BCUT2D eigenvalue weighted by Crippen LogP contribution is 2.25. The van der Waals surface area contributed by atoms with E-state index in [4.69, 9.17) is 14.6 Å². The van der Waals surface area contributed by atoms with Gasteiger partial charge in [0.15, 0.2) is 6.23 Å². The molecule has 7 heteroatoms. The fraction of sp³-hybridized carbons (Fsp3) is 0.333. The number of hydrogen-bond acceptors (Lipinski definition) is 6. The van der Waals surface area contributed by atoms with E-state index in [0.29, 0.717) is 26.1 Å². The molecule has 1 unspecified atom stereocenters. The molecule has 2 rings (SSSR count). The Kier molecular flexibility index (Phi) is 9.58. The van der Waals surface area contributed by atoms with Gasteiger partial charge in [-0.1, -0.05) is 30.3 Å². The van der Waals surface area contributed by atoms with E-state index in [1.807, 2.05) is 85.4 Å². The highest BCUT2D eigenvalue weighted by Gasteiger charge is 2.23. The first-order valence-electron chi connectivity index (χ1n) is 10.2. The molecule has 0 amide bonds. The molecule has 0 aliphatic carbocycles. The third-order valence-corrected chi connectivity index (χ3v) is 4.46. The van der Waals surface area contributed by atoms with Crippen molar-refractivity contribution in [1.82, 2.24) is 4.90 Å². The number of carbonyl (C=O) groups is 2. The van der Waals surface area contributed by atoms with Gasteiger partial charge in [0.05, 0.1) is 6.61 Å². The Bertz CT molecular complexity index is 850. The molecule has 0 aliphatic rings. The van der Waals surface area contributed by atoms with Gasteiger partial charge in [-0.25, -0.2) is 9.59 Å². The molecule has 1 atom stereocenters. The number of ether oxygens (including phenoxy) is 2. The minimum Gasteiger partial charge on any atom is -0.494 e. The number of aliphatic carboxylic acids is 1. The molecule has 0 spiro atoms. The van der Waals surface area contributed by atoms with E-state index >= 15 is 0 Å². The number of anilines is 1. The number of benzene rings is 2. The number of rotatable bonds is 12. The summed E-state index contributed by atoms with van der Waals surface area (Å²) in [7, 11) is 3.89. The Morgan fingerprint density at radius 2 is 1.71 bits per heavy atom. The molecule has 0 radical (unpaired) electrons. The summed E-state index contributed by atoms with van der Waals surface area (Å²) in [6, 6.07) is 17.5. The van der Waals surface area contributed by atoms with E-state index in [-0.39, 0.29) is 0 Å². The molecule has 0 aliphatic heterocycles. The molecule has 0 fully saturated rings. The van der Waals surface area contributed by atoms with Crippen molar-refractivity contribution in [2.75, 3.05) is 32.1 Å². The van der Waals surface area contributed by atoms with Crippen LogP contribution in [0.2, 0.25) is 0 Å². The summed E-state index contributed by atoms with van der Waals surface area (Å²) >= 11 is 0. The van der Waals surface area contributed by atoms with Crippen LogP contribution in [0.1, 0.15) is 18.9 Å². The third-order valence-electron chi connectivity index (χ3n) is 4.46. The maximum atomic E-state index is 12.3. The monoisotopic (exact) mass is 426 g/mol. The summed E-state index contributed by atoms with van der Waals surface area (Å²) < 4.78 is 11.2. The fourth-order valence-electron chi connectivity index (χ4n) is 3.00. The summed E-state index contributed by atoms with van der Waals surface area (Å²) in [4.78, 5) is 27.1. The molecule has 31 heavy (non-hydrogen) atoms. The van der Waals surface area contributed by atoms with Crippen molar-refractivity contribution >= 4 is 17.6 Å². The molecular formula is C24H30N2O5. The highest BCUT2D eigenvalue weighted by atomic mass is 16.6. The van der Waals surface area contributed by atoms with E-state index in [0.717, 1.165) is 29.2 Å². The average Bonchev–Trinajstić information content (AvgIpc) is 2.75. The van der Waals surface area contributed by atoms with E-state index in [9.17, 15) is 9.59 Å². The van der Waals surface area contributed by atoms with Gasteiger partial charge in [0.1, 0.15) is 5.75 Å². The van der Waals surface area contributed by atoms with Gasteiger partial charge in [-0.3, -0.25) is 0 Å². The molecule has 7 nitrogen and oxygen atoms in total. The van der Waals surface area contributed by atoms with Gasteiger partial charge in [0, 0.05) is 37.3 Å². The Hall–Kier alpha value is -3.32. The molecule has 0 bridgehead atoms. The zero-order valence-corrected chi connectivity index (χ0v) is 18.2. The average molecular weight is 427 g/mol. The van der Waals surface area contributed by atoms with Gasteiger partial charge in [0.25, 0.3) is 0 Å². The highest BCUT2D eigenvalue weighted by molar-refractivity contribution is 5.90. The standard InChI is InChI=1S/C24H30N2O5/c1-4-30-21-12-10-20(11-13-21)26(18-19-8-6-5-7-9-19)22(16-17-25(2)3)31-24(29)15-14-23(27)28/h5-15,22H,4,16-18H2,1-3H3,(H,27,28)/b15-14+. The van der Waals surface area contributed by atoms with Crippen molar-refractivity contribution in [3.8, 4) is 5.75 Å². The van der Waals surface area contributed by atoms with Gasteiger partial charge in [-0.15, -0.1) is 0 Å². The molecule has 166 valence electrons. The summed E-state index contributed by atoms with van der Waals surface area (Å²) in [6.07, 6.45) is 1.67. The predicted molar refractivity (Wildman–Crippen MR) is 120 cm³/mol. The first kappa shape index (κ1) is 24.0. The lowest BCUT2D eigenvalue weighted by atomic mass is 10.1. The van der Waals surface area contributed by atoms with Crippen molar-refractivity contribution in [2.45, 2.75) is 26.1 Å². The smallest absolute Gasteiger partial charge is 0.332 e. The van der Waals surface area contributed by atoms with E-state index < -0.39 is 18.2 Å². The van der Waals surface area contributed by atoms with Crippen molar-refractivity contribution in [3.63, 3.8) is 0 Å². The molecule has 0 heterocycles. The molecule has 0 aromatic heterocycles. The minimum atomic E-state index is -1.20. The van der Waals surface area contributed by atoms with E-state index in [2.05, 4.69) is 0 Å². The molecule has 2 aromatic carbocycles. The van der Waals surface area contributed by atoms with Gasteiger partial charge in [-0.05, 0) is 50.8 Å². The van der Waals surface area contributed by atoms with Crippen molar-refractivity contribution in [1.29, 1.82) is 0 Å². The number of nitrogens with zero attached hydrogens (tertiary/aromatic N) is 2. The maximum Gasteiger partial charge on any atom is 0.332 e. The van der Waals surface area contributed by atoms with E-state index in [1.54, 1.807) is 0 Å². The fourth-order valence-corrected chi connectivity index (χ4v) is 3.00. The first-order chi connectivity index (χ1) is 14.9. The number of carbonyl (C=O) groups excluding carboxylic acids is 1. The second kappa shape index (κ2) is 12.4. The van der Waals surface area contributed by atoms with Gasteiger partial charge >= 0.3 is 11.9 Å². The molecular weight excluding hydrogens is 396 g/mol. The maximum absolute atomic E-state index is 12.3. The third kappa shape index (κ3) is 8.52. The lowest BCUT2D eigenvalue weighted by molar-refractivity contribution is -0.144. The summed E-state index contributed by atoms with van der Waals surface area (Å²) in [5.74, 6) is -1.14. The number of hydrogen-bond donors (Lipinski definition) is 1. The number of esters is 1. The summed E-state index contributed by atoms with van der Waals surface area (Å²) in [6.45, 7) is 3.70.